The molecular weight excluding hydrogens is 805 g/mol. The molecule has 14 rings (SSSR count). The zero-order valence-electron chi connectivity index (χ0n) is 35.9. The van der Waals surface area contributed by atoms with E-state index < -0.39 is 0 Å². The second-order valence-electron chi connectivity index (χ2n) is 18.4. The van der Waals surface area contributed by atoms with E-state index >= 15 is 0 Å². The minimum Gasteiger partial charge on any atom is -0.456 e. The van der Waals surface area contributed by atoms with E-state index in [4.69, 9.17) is 4.42 Å². The number of rotatable bonds is 4. The smallest absolute Gasteiger partial charge is 0.135 e. The second kappa shape index (κ2) is 13.6. The van der Waals surface area contributed by atoms with Gasteiger partial charge in [-0.15, -0.1) is 11.3 Å². The van der Waals surface area contributed by atoms with E-state index in [-0.39, 0.29) is 5.41 Å². The summed E-state index contributed by atoms with van der Waals surface area (Å²) < 4.78 is 8.88. The first-order chi connectivity index (χ1) is 31.9. The minimum absolute atomic E-state index is 0.0612. The highest BCUT2D eigenvalue weighted by molar-refractivity contribution is 7.26. The molecule has 2 heterocycles. The highest BCUT2D eigenvalue weighted by Gasteiger charge is 2.35. The molecule has 0 aliphatic heterocycles. The van der Waals surface area contributed by atoms with Crippen LogP contribution in [0.2, 0.25) is 0 Å². The van der Waals surface area contributed by atoms with Crippen LogP contribution in [-0.2, 0) is 5.41 Å². The van der Waals surface area contributed by atoms with Crippen LogP contribution < -0.4 is 0 Å². The van der Waals surface area contributed by atoms with E-state index in [0.717, 1.165) is 21.9 Å². The molecule has 0 unspecified atom stereocenters. The molecule has 0 amide bonds. The monoisotopic (exact) mass is 844 g/mol. The SMILES string of the molecule is CC1(C)c2ccccc2-c2cc3c4ccccc4c4cc(-c5ccc(-c6cc(-c7ccc8oc9ccccc9c8c7)cc(-c7cccc8c7sc7ccccc78)c6)cc5)ccc4c3cc21. The quantitative estimate of drug-likeness (QED) is 0.161. The Morgan fingerprint density at radius 3 is 1.68 bits per heavy atom. The van der Waals surface area contributed by atoms with Gasteiger partial charge in [-0.3, -0.25) is 0 Å². The molecule has 0 fully saturated rings. The van der Waals surface area contributed by atoms with Gasteiger partial charge >= 0.3 is 0 Å². The van der Waals surface area contributed by atoms with Crippen molar-refractivity contribution in [3.63, 3.8) is 0 Å². The average molecular weight is 845 g/mol. The van der Waals surface area contributed by atoms with Crippen LogP contribution in [0.15, 0.2) is 211 Å². The maximum atomic E-state index is 6.25. The molecule has 304 valence electrons. The zero-order valence-corrected chi connectivity index (χ0v) is 36.8. The van der Waals surface area contributed by atoms with Crippen molar-refractivity contribution < 1.29 is 4.42 Å². The highest BCUT2D eigenvalue weighted by Crippen LogP contribution is 2.52. The summed E-state index contributed by atoms with van der Waals surface area (Å²) in [4.78, 5) is 0. The molecule has 65 heavy (non-hydrogen) atoms. The molecule has 1 nitrogen and oxygen atoms in total. The van der Waals surface area contributed by atoms with Crippen LogP contribution in [0, 0.1) is 0 Å². The molecular formula is C63H40OS. The van der Waals surface area contributed by atoms with Crippen LogP contribution in [0.1, 0.15) is 25.0 Å². The molecule has 1 aliphatic rings. The van der Waals surface area contributed by atoms with Gasteiger partial charge in [0.05, 0.1) is 0 Å². The molecule has 0 N–H and O–H groups in total. The number of benzene rings is 11. The van der Waals surface area contributed by atoms with Crippen molar-refractivity contribution in [1.29, 1.82) is 0 Å². The Labute approximate surface area is 380 Å². The van der Waals surface area contributed by atoms with Crippen LogP contribution in [0.3, 0.4) is 0 Å². The molecule has 1 aliphatic carbocycles. The fraction of sp³-hybridized carbons (Fsp3) is 0.0476. The maximum Gasteiger partial charge on any atom is 0.135 e. The summed E-state index contributed by atoms with van der Waals surface area (Å²) in [5.74, 6) is 0. The van der Waals surface area contributed by atoms with Crippen molar-refractivity contribution in [2.45, 2.75) is 19.3 Å². The maximum absolute atomic E-state index is 6.25. The number of hydrogen-bond acceptors (Lipinski definition) is 2. The molecule has 2 heteroatoms. The normalized spacial score (nSPS) is 13.2. The third-order valence-electron chi connectivity index (χ3n) is 14.4. The molecule has 0 atom stereocenters. The fourth-order valence-electron chi connectivity index (χ4n) is 11.2. The Kier molecular flexibility index (Phi) is 7.68. The lowest BCUT2D eigenvalue weighted by Crippen LogP contribution is -2.14. The Morgan fingerprint density at radius 2 is 0.846 bits per heavy atom. The second-order valence-corrected chi connectivity index (χ2v) is 19.4. The standard InChI is InChI=1S/C63H40OS/c1-63(2)57-19-8-5-14-48(57)55-35-53-46-13-4-3-12-45(46)52-33-39(26-28-47(52)54(53)36-58(55)63)37-22-24-38(25-23-37)41-30-42(40-27-29-60-56(34-40)49-15-6-9-20-59(49)64-60)32-43(31-41)44-17-11-18-51-50-16-7-10-21-61(50)65-62(44)51/h3-36H,1-2H3. The summed E-state index contributed by atoms with van der Waals surface area (Å²) in [6.45, 7) is 4.75. The zero-order chi connectivity index (χ0) is 43.0. The van der Waals surface area contributed by atoms with Gasteiger partial charge in [0.1, 0.15) is 11.2 Å². The third kappa shape index (κ3) is 5.45. The van der Waals surface area contributed by atoms with E-state index in [2.05, 4.69) is 214 Å². The van der Waals surface area contributed by atoms with Crippen molar-refractivity contribution in [3.05, 3.63) is 217 Å². The van der Waals surface area contributed by atoms with Gasteiger partial charge in [-0.05, 0) is 160 Å². The van der Waals surface area contributed by atoms with Crippen LogP contribution in [0.4, 0.5) is 0 Å². The summed E-state index contributed by atoms with van der Waals surface area (Å²) in [6, 6.07) is 76.8. The summed E-state index contributed by atoms with van der Waals surface area (Å²) in [5.41, 5.74) is 16.9. The van der Waals surface area contributed by atoms with Crippen LogP contribution >= 0.6 is 11.3 Å². The first-order valence-corrected chi connectivity index (χ1v) is 23.4. The van der Waals surface area contributed by atoms with Gasteiger partial charge in [-0.1, -0.05) is 159 Å². The van der Waals surface area contributed by atoms with Crippen LogP contribution in [0.5, 0.6) is 0 Å². The summed E-state index contributed by atoms with van der Waals surface area (Å²) >= 11 is 1.88. The van der Waals surface area contributed by atoms with Gasteiger partial charge in [0, 0.05) is 36.4 Å². The van der Waals surface area contributed by atoms with Gasteiger partial charge in [0.25, 0.3) is 0 Å². The van der Waals surface area contributed by atoms with Gasteiger partial charge < -0.3 is 4.42 Å². The Bertz CT molecular complexity index is 4140. The van der Waals surface area contributed by atoms with Gasteiger partial charge in [0.15, 0.2) is 0 Å². The number of thiophene rings is 1. The van der Waals surface area contributed by atoms with Crippen molar-refractivity contribution in [1.82, 2.24) is 0 Å². The van der Waals surface area contributed by atoms with Crippen molar-refractivity contribution in [2.75, 3.05) is 0 Å². The van der Waals surface area contributed by atoms with Crippen molar-refractivity contribution in [2.24, 2.45) is 0 Å². The van der Waals surface area contributed by atoms with Crippen molar-refractivity contribution >= 4 is 85.8 Å². The van der Waals surface area contributed by atoms with E-state index in [1.165, 1.54) is 119 Å². The largest absolute Gasteiger partial charge is 0.456 e. The third-order valence-corrected chi connectivity index (χ3v) is 15.7. The van der Waals surface area contributed by atoms with Gasteiger partial charge in [-0.25, -0.2) is 0 Å². The Morgan fingerprint density at radius 1 is 0.308 bits per heavy atom. The molecule has 0 spiro atoms. The number of para-hydroxylation sites is 1. The first-order valence-electron chi connectivity index (χ1n) is 22.6. The summed E-state index contributed by atoms with van der Waals surface area (Å²) in [5, 5.41) is 12.7. The average Bonchev–Trinajstić information content (AvgIpc) is 4.00. The lowest BCUT2D eigenvalue weighted by Gasteiger charge is -2.22. The van der Waals surface area contributed by atoms with Crippen LogP contribution in [0.25, 0.3) is 130 Å². The predicted molar refractivity (Wildman–Crippen MR) is 278 cm³/mol. The highest BCUT2D eigenvalue weighted by atomic mass is 32.1. The van der Waals surface area contributed by atoms with E-state index in [9.17, 15) is 0 Å². The van der Waals surface area contributed by atoms with Gasteiger partial charge in [0.2, 0.25) is 0 Å². The topological polar surface area (TPSA) is 13.1 Å². The predicted octanol–water partition coefficient (Wildman–Crippen LogP) is 18.4. The van der Waals surface area contributed by atoms with E-state index in [1.54, 1.807) is 0 Å². The van der Waals surface area contributed by atoms with Gasteiger partial charge in [-0.2, -0.15) is 0 Å². The van der Waals surface area contributed by atoms with E-state index in [0.29, 0.717) is 0 Å². The Balaban J connectivity index is 0.908. The lowest BCUT2D eigenvalue weighted by molar-refractivity contribution is 0.661. The van der Waals surface area contributed by atoms with Crippen molar-refractivity contribution in [3.8, 4) is 55.6 Å². The molecule has 0 saturated carbocycles. The fourth-order valence-corrected chi connectivity index (χ4v) is 12.4. The molecule has 13 aromatic rings. The minimum atomic E-state index is -0.0612. The molecule has 2 aromatic heterocycles. The summed E-state index contributed by atoms with van der Waals surface area (Å²) in [6.07, 6.45) is 0. The Hall–Kier alpha value is -7.78. The molecule has 0 radical (unpaired) electrons. The molecule has 0 bridgehead atoms. The molecule has 11 aromatic carbocycles. The van der Waals surface area contributed by atoms with Crippen LogP contribution in [-0.4, -0.2) is 0 Å². The first kappa shape index (κ1) is 36.7. The number of furan rings is 1. The number of hydrogen-bond donors (Lipinski definition) is 0. The molecule has 0 saturated heterocycles. The summed E-state index contributed by atoms with van der Waals surface area (Å²) in [7, 11) is 0. The lowest BCUT2D eigenvalue weighted by atomic mass is 9.81. The van der Waals surface area contributed by atoms with E-state index in [1.807, 2.05) is 17.4 Å². The number of fused-ring (bicyclic) bond motifs is 15.